The maximum Gasteiger partial charge on any atom is 0.329 e. The number of aromatic hydroxyl groups is 1. The van der Waals surface area contributed by atoms with Gasteiger partial charge in [-0.15, -0.1) is 0 Å². The second-order valence-electron chi connectivity index (χ2n) is 7.41. The number of anilines is 1. The zero-order valence-electron chi connectivity index (χ0n) is 18.8. The summed E-state index contributed by atoms with van der Waals surface area (Å²) in [5.41, 5.74) is 9.32. The molecular formula is C24H27N5O4. The van der Waals surface area contributed by atoms with E-state index in [-0.39, 0.29) is 17.9 Å². The topological polar surface area (TPSA) is 139 Å². The Kier molecular flexibility index (Phi) is 7.57. The van der Waals surface area contributed by atoms with Crippen molar-refractivity contribution < 1.29 is 19.4 Å². The zero-order valence-corrected chi connectivity index (χ0v) is 18.8. The number of esters is 1. The summed E-state index contributed by atoms with van der Waals surface area (Å²) in [6.07, 6.45) is 0. The summed E-state index contributed by atoms with van der Waals surface area (Å²) in [7, 11) is 1.23. The van der Waals surface area contributed by atoms with E-state index in [0.717, 1.165) is 16.7 Å². The van der Waals surface area contributed by atoms with Crippen LogP contribution in [0.2, 0.25) is 0 Å². The molecule has 172 valence electrons. The first-order valence-corrected chi connectivity index (χ1v) is 10.4. The third-order valence-corrected chi connectivity index (χ3v) is 5.17. The molecule has 2 aromatic carbocycles. The number of para-hydroxylation sites is 1. The van der Waals surface area contributed by atoms with Gasteiger partial charge in [-0.05, 0) is 31.0 Å². The van der Waals surface area contributed by atoms with Crippen molar-refractivity contribution in [2.45, 2.75) is 26.4 Å². The zero-order chi connectivity index (χ0) is 24.0. The van der Waals surface area contributed by atoms with E-state index in [4.69, 9.17) is 5.73 Å². The number of hydrogen-bond donors (Lipinski definition) is 4. The van der Waals surface area contributed by atoms with E-state index in [1.54, 1.807) is 26.0 Å². The molecule has 9 nitrogen and oxygen atoms in total. The Labute approximate surface area is 192 Å². The molecule has 33 heavy (non-hydrogen) atoms. The predicted octanol–water partition coefficient (Wildman–Crippen LogP) is 2.31. The Bertz CT molecular complexity index is 1140. The standard InChI is InChI=1S/C24H27N5O4/c1-14-21(22(31)29-19(12-25)23(32)33-3)15(2)28-24(27-14)26-13-16-8-4-5-9-17(16)18-10-6-7-11-20(18)30/h4-11,19,30H,12-13,25H2,1-3H3,(H,29,31)(H,26,27,28). The van der Waals surface area contributed by atoms with E-state index in [1.165, 1.54) is 7.11 Å². The van der Waals surface area contributed by atoms with E-state index in [0.29, 0.717) is 23.9 Å². The number of hydrogen-bond acceptors (Lipinski definition) is 8. The lowest BCUT2D eigenvalue weighted by Crippen LogP contribution is -2.46. The smallest absolute Gasteiger partial charge is 0.329 e. The van der Waals surface area contributed by atoms with Crippen LogP contribution >= 0.6 is 0 Å². The number of benzene rings is 2. The second-order valence-corrected chi connectivity index (χ2v) is 7.41. The predicted molar refractivity (Wildman–Crippen MR) is 125 cm³/mol. The van der Waals surface area contributed by atoms with E-state index < -0.39 is 17.9 Å². The number of methoxy groups -OCH3 is 1. The molecule has 0 fully saturated rings. The van der Waals surface area contributed by atoms with E-state index in [9.17, 15) is 14.7 Å². The molecule has 1 atom stereocenters. The molecule has 9 heteroatoms. The highest BCUT2D eigenvalue weighted by molar-refractivity contribution is 5.98. The lowest BCUT2D eigenvalue weighted by molar-refractivity contribution is -0.142. The van der Waals surface area contributed by atoms with Gasteiger partial charge < -0.3 is 26.2 Å². The molecule has 3 rings (SSSR count). The number of nitrogens with two attached hydrogens (primary N) is 1. The Morgan fingerprint density at radius 3 is 2.24 bits per heavy atom. The molecular weight excluding hydrogens is 422 g/mol. The quantitative estimate of drug-likeness (QED) is 0.384. The van der Waals surface area contributed by atoms with Gasteiger partial charge in [0.1, 0.15) is 11.8 Å². The van der Waals surface area contributed by atoms with Crippen LogP contribution in [0.5, 0.6) is 5.75 Å². The van der Waals surface area contributed by atoms with Crippen LogP contribution in [-0.4, -0.2) is 46.6 Å². The molecule has 0 aliphatic heterocycles. The van der Waals surface area contributed by atoms with Crippen LogP contribution in [0.15, 0.2) is 48.5 Å². The lowest BCUT2D eigenvalue weighted by Gasteiger charge is -2.17. The first-order chi connectivity index (χ1) is 15.8. The highest BCUT2D eigenvalue weighted by atomic mass is 16.5. The Morgan fingerprint density at radius 1 is 1.03 bits per heavy atom. The van der Waals surface area contributed by atoms with E-state index >= 15 is 0 Å². The SMILES string of the molecule is COC(=O)C(CN)NC(=O)c1c(C)nc(NCc2ccccc2-c2ccccc2O)nc1C. The Hall–Kier alpha value is -3.98. The number of aryl methyl sites for hydroxylation is 2. The summed E-state index contributed by atoms with van der Waals surface area (Å²) in [6, 6.07) is 13.9. The first-order valence-electron chi connectivity index (χ1n) is 10.4. The summed E-state index contributed by atoms with van der Waals surface area (Å²) < 4.78 is 4.65. The van der Waals surface area contributed by atoms with Crippen molar-refractivity contribution in [3.05, 3.63) is 71.0 Å². The highest BCUT2D eigenvalue weighted by Gasteiger charge is 2.23. The van der Waals surface area contributed by atoms with Crippen LogP contribution in [0.3, 0.4) is 0 Å². The molecule has 0 saturated heterocycles. The summed E-state index contributed by atoms with van der Waals surface area (Å²) in [4.78, 5) is 33.2. The van der Waals surface area contributed by atoms with Crippen LogP contribution in [0.25, 0.3) is 11.1 Å². The molecule has 0 radical (unpaired) electrons. The molecule has 0 bridgehead atoms. The number of nitrogens with zero attached hydrogens (tertiary/aromatic N) is 2. The van der Waals surface area contributed by atoms with Crippen LogP contribution in [0.4, 0.5) is 5.95 Å². The summed E-state index contributed by atoms with van der Waals surface area (Å²) >= 11 is 0. The van der Waals surface area contributed by atoms with Crippen LogP contribution in [0.1, 0.15) is 27.3 Å². The van der Waals surface area contributed by atoms with Crippen LogP contribution in [-0.2, 0) is 16.1 Å². The van der Waals surface area contributed by atoms with Crippen molar-refractivity contribution in [3.8, 4) is 16.9 Å². The fourth-order valence-corrected chi connectivity index (χ4v) is 3.52. The minimum Gasteiger partial charge on any atom is -0.507 e. The van der Waals surface area contributed by atoms with Gasteiger partial charge in [0.15, 0.2) is 0 Å². The van der Waals surface area contributed by atoms with Gasteiger partial charge in [0.05, 0.1) is 24.1 Å². The minimum absolute atomic E-state index is 0.0899. The number of phenolic OH excluding ortho intramolecular Hbond substituents is 1. The highest BCUT2D eigenvalue weighted by Crippen LogP contribution is 2.31. The number of phenols is 1. The van der Waals surface area contributed by atoms with Crippen LogP contribution < -0.4 is 16.4 Å². The van der Waals surface area contributed by atoms with Crippen molar-refractivity contribution in [1.29, 1.82) is 0 Å². The summed E-state index contributed by atoms with van der Waals surface area (Å²) in [6.45, 7) is 3.71. The van der Waals surface area contributed by atoms with Crippen molar-refractivity contribution >= 4 is 17.8 Å². The fourth-order valence-electron chi connectivity index (χ4n) is 3.52. The summed E-state index contributed by atoms with van der Waals surface area (Å²) in [5.74, 6) is -0.561. The van der Waals surface area contributed by atoms with E-state index in [2.05, 4.69) is 25.3 Å². The van der Waals surface area contributed by atoms with Crippen molar-refractivity contribution in [2.24, 2.45) is 5.73 Å². The minimum atomic E-state index is -0.954. The maximum atomic E-state index is 12.7. The average Bonchev–Trinajstić information content (AvgIpc) is 2.81. The van der Waals surface area contributed by atoms with Crippen molar-refractivity contribution in [1.82, 2.24) is 15.3 Å². The molecule has 1 unspecified atom stereocenters. The Balaban J connectivity index is 1.79. The number of carbonyl (C=O) groups excluding carboxylic acids is 2. The average molecular weight is 450 g/mol. The summed E-state index contributed by atoms with van der Waals surface area (Å²) in [5, 5.41) is 16.0. The third-order valence-electron chi connectivity index (χ3n) is 5.17. The van der Waals surface area contributed by atoms with Crippen molar-refractivity contribution in [3.63, 3.8) is 0 Å². The molecule has 0 spiro atoms. The number of carbonyl (C=O) groups is 2. The number of rotatable bonds is 8. The number of nitrogens with one attached hydrogen (secondary N) is 2. The number of aromatic nitrogens is 2. The van der Waals surface area contributed by atoms with E-state index in [1.807, 2.05) is 36.4 Å². The van der Waals surface area contributed by atoms with Gasteiger partial charge in [0, 0.05) is 18.7 Å². The van der Waals surface area contributed by atoms with Gasteiger partial charge in [-0.2, -0.15) is 0 Å². The normalized spacial score (nSPS) is 11.5. The molecule has 1 amide bonds. The molecule has 3 aromatic rings. The van der Waals surface area contributed by atoms with Gasteiger partial charge in [-0.25, -0.2) is 14.8 Å². The first kappa shape index (κ1) is 23.7. The largest absolute Gasteiger partial charge is 0.507 e. The molecule has 0 aliphatic carbocycles. The van der Waals surface area contributed by atoms with Crippen molar-refractivity contribution in [2.75, 3.05) is 19.0 Å². The molecule has 5 N–H and O–H groups in total. The lowest BCUT2D eigenvalue weighted by atomic mass is 9.99. The molecule has 0 saturated carbocycles. The van der Waals surface area contributed by atoms with Gasteiger partial charge in [0.25, 0.3) is 5.91 Å². The molecule has 1 aromatic heterocycles. The fraction of sp³-hybridized carbons (Fsp3) is 0.250. The van der Waals surface area contributed by atoms with Gasteiger partial charge in [0.2, 0.25) is 5.95 Å². The third kappa shape index (κ3) is 5.45. The number of ether oxygens (including phenoxy) is 1. The second kappa shape index (κ2) is 10.6. The van der Waals surface area contributed by atoms with Gasteiger partial charge >= 0.3 is 5.97 Å². The monoisotopic (exact) mass is 449 g/mol. The van der Waals surface area contributed by atoms with Gasteiger partial charge in [-0.1, -0.05) is 42.5 Å². The maximum absolute atomic E-state index is 12.7. The van der Waals surface area contributed by atoms with Gasteiger partial charge in [-0.3, -0.25) is 4.79 Å². The Morgan fingerprint density at radius 2 is 1.64 bits per heavy atom. The number of amides is 1. The van der Waals surface area contributed by atoms with Crippen LogP contribution in [0, 0.1) is 13.8 Å². The molecule has 0 aliphatic rings. The molecule has 1 heterocycles.